The fourth-order valence-corrected chi connectivity index (χ4v) is 5.02. The zero-order valence-corrected chi connectivity index (χ0v) is 17.8. The smallest absolute Gasteiger partial charge is 0.257 e. The van der Waals surface area contributed by atoms with Gasteiger partial charge in [0.2, 0.25) is 5.91 Å². The molecule has 0 radical (unpaired) electrons. The van der Waals surface area contributed by atoms with Crippen LogP contribution in [0.3, 0.4) is 0 Å². The quantitative estimate of drug-likeness (QED) is 0.590. The molecule has 0 saturated carbocycles. The third kappa shape index (κ3) is 4.49. The Hall–Kier alpha value is -2.86. The number of amides is 1. The normalized spacial score (nSPS) is 15.2. The predicted molar refractivity (Wildman–Crippen MR) is 120 cm³/mol. The Bertz CT molecular complexity index is 1030. The predicted octanol–water partition coefficient (Wildman–Crippen LogP) is 3.93. The van der Waals surface area contributed by atoms with Crippen LogP contribution in [0, 0.1) is 6.92 Å². The van der Waals surface area contributed by atoms with Crippen LogP contribution in [-0.4, -0.2) is 27.8 Å². The Balaban J connectivity index is 1.39. The Kier molecular flexibility index (Phi) is 6.33. The summed E-state index contributed by atoms with van der Waals surface area (Å²) in [6.45, 7) is 2.34. The van der Waals surface area contributed by atoms with Crippen molar-refractivity contribution >= 4 is 17.7 Å². The van der Waals surface area contributed by atoms with Crippen molar-refractivity contribution in [1.29, 1.82) is 0 Å². The van der Waals surface area contributed by atoms with Crippen LogP contribution in [-0.2, 0) is 4.79 Å². The number of nitrogens with zero attached hydrogens (tertiary/aromatic N) is 2. The van der Waals surface area contributed by atoms with E-state index in [1.807, 2.05) is 36.4 Å². The van der Waals surface area contributed by atoms with Gasteiger partial charge < -0.3 is 5.32 Å². The lowest BCUT2D eigenvalue weighted by molar-refractivity contribution is -0.121. The molecule has 154 valence electrons. The van der Waals surface area contributed by atoms with E-state index < -0.39 is 0 Å². The molecule has 0 bridgehead atoms. The number of benzene rings is 2. The number of carbonyl (C=O) groups excluding carboxylic acids is 1. The van der Waals surface area contributed by atoms with Crippen molar-refractivity contribution in [3.05, 3.63) is 93.9 Å². The first kappa shape index (κ1) is 20.4. The molecular formula is C24H25N3O2S. The van der Waals surface area contributed by atoms with Gasteiger partial charge in [-0.2, -0.15) is 0 Å². The number of nitrogens with one attached hydrogen (secondary N) is 1. The molecule has 1 aromatic heterocycles. The number of rotatable bonds is 7. The molecule has 2 aromatic carbocycles. The van der Waals surface area contributed by atoms with E-state index in [4.69, 9.17) is 0 Å². The Morgan fingerprint density at radius 3 is 2.40 bits per heavy atom. The number of fused-ring (bicyclic) bond motifs is 1. The molecule has 4 rings (SSSR count). The van der Waals surface area contributed by atoms with Crippen molar-refractivity contribution in [2.24, 2.45) is 0 Å². The average molecular weight is 420 g/mol. The van der Waals surface area contributed by atoms with E-state index in [9.17, 15) is 9.59 Å². The Morgan fingerprint density at radius 2 is 1.77 bits per heavy atom. The lowest BCUT2D eigenvalue weighted by atomic mass is 9.88. The molecule has 0 fully saturated rings. The summed E-state index contributed by atoms with van der Waals surface area (Å²) >= 11 is 1.54. The second-order valence-electron chi connectivity index (χ2n) is 7.58. The van der Waals surface area contributed by atoms with Gasteiger partial charge in [0.1, 0.15) is 0 Å². The monoisotopic (exact) mass is 419 g/mol. The Labute approximate surface area is 180 Å². The van der Waals surface area contributed by atoms with Gasteiger partial charge in [0.05, 0.1) is 6.04 Å². The minimum Gasteiger partial charge on any atom is -0.356 e. The highest BCUT2D eigenvalue weighted by atomic mass is 32.2. The van der Waals surface area contributed by atoms with Gasteiger partial charge >= 0.3 is 0 Å². The van der Waals surface area contributed by atoms with Gasteiger partial charge in [0.25, 0.3) is 5.56 Å². The molecule has 1 atom stereocenters. The summed E-state index contributed by atoms with van der Waals surface area (Å²) in [5.74, 6) is 0.905. The van der Waals surface area contributed by atoms with Gasteiger partial charge in [-0.1, -0.05) is 72.4 Å². The molecule has 3 aromatic rings. The van der Waals surface area contributed by atoms with Crippen LogP contribution in [0.4, 0.5) is 0 Å². The molecule has 1 unspecified atom stereocenters. The molecular weight excluding hydrogens is 394 g/mol. The second-order valence-corrected chi connectivity index (χ2v) is 8.57. The molecule has 1 amide bonds. The van der Waals surface area contributed by atoms with Crippen molar-refractivity contribution in [2.75, 3.05) is 12.3 Å². The summed E-state index contributed by atoms with van der Waals surface area (Å²) in [7, 11) is 0. The summed E-state index contributed by atoms with van der Waals surface area (Å²) in [5.41, 5.74) is 3.05. The van der Waals surface area contributed by atoms with E-state index in [0.29, 0.717) is 29.4 Å². The van der Waals surface area contributed by atoms with Gasteiger partial charge in [-0.25, -0.2) is 4.98 Å². The number of thioether (sulfide) groups is 1. The van der Waals surface area contributed by atoms with E-state index in [2.05, 4.69) is 34.6 Å². The van der Waals surface area contributed by atoms with Gasteiger partial charge in [0, 0.05) is 36.4 Å². The molecule has 1 N–H and O–H groups in total. The second kappa shape index (κ2) is 9.30. The minimum absolute atomic E-state index is 0.0262. The molecule has 1 aliphatic heterocycles. The molecule has 5 nitrogen and oxygen atoms in total. The summed E-state index contributed by atoms with van der Waals surface area (Å²) < 4.78 is 1.68. The van der Waals surface area contributed by atoms with Crippen LogP contribution in [0.5, 0.6) is 0 Å². The summed E-state index contributed by atoms with van der Waals surface area (Å²) in [5, 5.41) is 3.77. The molecule has 0 saturated heterocycles. The van der Waals surface area contributed by atoms with Gasteiger partial charge in [0.15, 0.2) is 5.16 Å². The molecule has 30 heavy (non-hydrogen) atoms. The zero-order chi connectivity index (χ0) is 20.9. The number of hydrogen-bond donors (Lipinski definition) is 1. The average Bonchev–Trinajstić information content (AvgIpc) is 3.18. The van der Waals surface area contributed by atoms with Crippen LogP contribution in [0.2, 0.25) is 0 Å². The van der Waals surface area contributed by atoms with E-state index in [1.54, 1.807) is 17.7 Å². The summed E-state index contributed by atoms with van der Waals surface area (Å²) in [4.78, 5) is 29.4. The maximum absolute atomic E-state index is 12.6. The van der Waals surface area contributed by atoms with Crippen LogP contribution in [0.25, 0.3) is 0 Å². The van der Waals surface area contributed by atoms with Crippen molar-refractivity contribution in [2.45, 2.75) is 36.9 Å². The van der Waals surface area contributed by atoms with Gasteiger partial charge in [-0.3, -0.25) is 14.2 Å². The highest BCUT2D eigenvalue weighted by Crippen LogP contribution is 2.32. The topological polar surface area (TPSA) is 64.0 Å². The SMILES string of the molecule is Cc1cnc2n(c1=O)C(CC(=O)NCCC(c1ccccc1)c1ccccc1)CS2. The maximum Gasteiger partial charge on any atom is 0.257 e. The Morgan fingerprint density at radius 1 is 1.13 bits per heavy atom. The van der Waals surface area contributed by atoms with E-state index in [1.165, 1.54) is 22.9 Å². The van der Waals surface area contributed by atoms with E-state index >= 15 is 0 Å². The first-order chi connectivity index (χ1) is 14.6. The lowest BCUT2D eigenvalue weighted by Gasteiger charge is -2.19. The van der Waals surface area contributed by atoms with Crippen molar-refractivity contribution in [1.82, 2.24) is 14.9 Å². The van der Waals surface area contributed by atoms with Crippen molar-refractivity contribution in [3.8, 4) is 0 Å². The standard InChI is InChI=1S/C24H25N3O2S/c1-17-15-26-24-27(23(17)29)20(16-30-24)14-22(28)25-13-12-21(18-8-4-2-5-9-18)19-10-6-3-7-11-19/h2-11,15,20-21H,12-14,16H2,1H3,(H,25,28). The summed E-state index contributed by atoms with van der Waals surface area (Å²) in [6, 6.07) is 20.6. The maximum atomic E-state index is 12.6. The molecule has 2 heterocycles. The van der Waals surface area contributed by atoms with Crippen molar-refractivity contribution < 1.29 is 4.79 Å². The number of aromatic nitrogens is 2. The van der Waals surface area contributed by atoms with Crippen LogP contribution < -0.4 is 10.9 Å². The summed E-state index contributed by atoms with van der Waals surface area (Å²) in [6.07, 6.45) is 2.72. The first-order valence-corrected chi connectivity index (χ1v) is 11.2. The van der Waals surface area contributed by atoms with Crippen LogP contribution >= 0.6 is 11.8 Å². The fourth-order valence-electron chi connectivity index (χ4n) is 3.91. The fraction of sp³-hybridized carbons (Fsp3) is 0.292. The van der Waals surface area contributed by atoms with Crippen LogP contribution in [0.1, 0.15) is 41.5 Å². The third-order valence-electron chi connectivity index (χ3n) is 5.48. The largest absolute Gasteiger partial charge is 0.356 e. The minimum atomic E-state index is -0.135. The van der Waals surface area contributed by atoms with Gasteiger partial charge in [-0.15, -0.1) is 0 Å². The van der Waals surface area contributed by atoms with Crippen molar-refractivity contribution in [3.63, 3.8) is 0 Å². The molecule has 0 spiro atoms. The van der Waals surface area contributed by atoms with Gasteiger partial charge in [-0.05, 0) is 24.5 Å². The first-order valence-electron chi connectivity index (χ1n) is 10.2. The number of hydrogen-bond acceptors (Lipinski definition) is 4. The van der Waals surface area contributed by atoms with Crippen LogP contribution in [0.15, 0.2) is 76.8 Å². The van der Waals surface area contributed by atoms with E-state index in [-0.39, 0.29) is 23.4 Å². The van der Waals surface area contributed by atoms with E-state index in [0.717, 1.165) is 6.42 Å². The highest BCUT2D eigenvalue weighted by Gasteiger charge is 2.27. The lowest BCUT2D eigenvalue weighted by Crippen LogP contribution is -2.32. The number of carbonyl (C=O) groups is 1. The highest BCUT2D eigenvalue weighted by molar-refractivity contribution is 7.99. The molecule has 1 aliphatic rings. The zero-order valence-electron chi connectivity index (χ0n) is 17.0. The molecule has 0 aliphatic carbocycles. The third-order valence-corrected chi connectivity index (χ3v) is 6.59. The molecule has 6 heteroatoms. The number of aryl methyl sites for hydroxylation is 1.